The fraction of sp³-hybridized carbons (Fsp3) is 0.800. The van der Waals surface area contributed by atoms with Crippen LogP contribution in [0.5, 0.6) is 0 Å². The van der Waals surface area contributed by atoms with Gasteiger partial charge in [-0.3, -0.25) is 4.79 Å². The van der Waals surface area contributed by atoms with Gasteiger partial charge in [0.25, 0.3) is 0 Å². The second kappa shape index (κ2) is 5.22. The van der Waals surface area contributed by atoms with Crippen LogP contribution in [0.25, 0.3) is 0 Å². The van der Waals surface area contributed by atoms with E-state index < -0.39 is 0 Å². The van der Waals surface area contributed by atoms with E-state index in [9.17, 15) is 4.79 Å². The molecule has 1 aromatic rings. The van der Waals surface area contributed by atoms with E-state index in [4.69, 9.17) is 9.15 Å². The summed E-state index contributed by atoms with van der Waals surface area (Å²) in [7, 11) is 0. The Labute approximate surface area is 129 Å². The summed E-state index contributed by atoms with van der Waals surface area (Å²) in [6.07, 6.45) is 4.09. The average molecular weight is 306 g/mol. The lowest BCUT2D eigenvalue weighted by molar-refractivity contribution is -0.153. The van der Waals surface area contributed by atoms with Crippen molar-refractivity contribution in [3.05, 3.63) is 5.89 Å². The summed E-state index contributed by atoms with van der Waals surface area (Å²) in [6, 6.07) is 0.561. The molecule has 0 bridgehead atoms. The first-order chi connectivity index (χ1) is 10.7. The van der Waals surface area contributed by atoms with Crippen molar-refractivity contribution in [2.75, 3.05) is 37.7 Å². The normalized spacial score (nSPS) is 29.1. The van der Waals surface area contributed by atoms with E-state index >= 15 is 0 Å². The number of aryl methyl sites for hydroxylation is 1. The van der Waals surface area contributed by atoms with Crippen molar-refractivity contribution in [1.29, 1.82) is 0 Å². The van der Waals surface area contributed by atoms with Gasteiger partial charge in [-0.15, -0.1) is 5.10 Å². The number of carbonyl (C=O) groups excluding carboxylic acids is 1. The van der Waals surface area contributed by atoms with Crippen LogP contribution in [0.4, 0.5) is 6.01 Å². The minimum Gasteiger partial charge on any atom is -0.408 e. The Kier molecular flexibility index (Phi) is 3.32. The molecular formula is C15H22N4O3. The molecule has 120 valence electrons. The number of piperidine rings is 1. The number of morpholine rings is 1. The van der Waals surface area contributed by atoms with E-state index in [2.05, 4.69) is 15.1 Å². The number of carbonyl (C=O) groups is 1. The highest BCUT2D eigenvalue weighted by Gasteiger charge is 2.44. The topological polar surface area (TPSA) is 71.7 Å². The molecule has 0 aromatic carbocycles. The van der Waals surface area contributed by atoms with E-state index in [1.54, 1.807) is 6.92 Å². The van der Waals surface area contributed by atoms with Gasteiger partial charge in [-0.25, -0.2) is 0 Å². The molecule has 1 aliphatic carbocycles. The summed E-state index contributed by atoms with van der Waals surface area (Å²) in [5.41, 5.74) is -0.288. The smallest absolute Gasteiger partial charge is 0.318 e. The maximum atomic E-state index is 12.4. The first-order valence-electron chi connectivity index (χ1n) is 8.13. The SMILES string of the molecule is Cc1nnc(N2CCCC3(CN(C(=O)C4CC4)CCO3)C2)o1. The fourth-order valence-electron chi connectivity index (χ4n) is 3.54. The number of anilines is 1. The van der Waals surface area contributed by atoms with Gasteiger partial charge in [0.15, 0.2) is 0 Å². The molecule has 0 N–H and O–H groups in total. The highest BCUT2D eigenvalue weighted by atomic mass is 16.5. The molecule has 7 heteroatoms. The quantitative estimate of drug-likeness (QED) is 0.811. The Morgan fingerprint density at radius 1 is 1.27 bits per heavy atom. The Morgan fingerprint density at radius 2 is 2.14 bits per heavy atom. The Bertz CT molecular complexity index is 567. The third-order valence-corrected chi connectivity index (χ3v) is 4.81. The molecule has 1 atom stereocenters. The highest BCUT2D eigenvalue weighted by molar-refractivity contribution is 5.81. The van der Waals surface area contributed by atoms with Crippen LogP contribution in [-0.2, 0) is 9.53 Å². The van der Waals surface area contributed by atoms with Crippen molar-refractivity contribution in [2.24, 2.45) is 5.92 Å². The van der Waals surface area contributed by atoms with Gasteiger partial charge in [-0.2, -0.15) is 0 Å². The summed E-state index contributed by atoms with van der Waals surface area (Å²) in [5.74, 6) is 1.16. The molecule has 3 aliphatic rings. The maximum absolute atomic E-state index is 12.4. The number of nitrogens with zero attached hydrogens (tertiary/aromatic N) is 4. The zero-order valence-corrected chi connectivity index (χ0v) is 13.0. The van der Waals surface area contributed by atoms with Gasteiger partial charge in [0, 0.05) is 25.9 Å². The van der Waals surface area contributed by atoms with Crippen LogP contribution in [0, 0.1) is 12.8 Å². The van der Waals surface area contributed by atoms with E-state index in [1.807, 2.05) is 4.90 Å². The number of rotatable bonds is 2. The van der Waals surface area contributed by atoms with Crippen LogP contribution >= 0.6 is 0 Å². The summed E-state index contributed by atoms with van der Waals surface area (Å²) in [6.45, 7) is 5.42. The number of aromatic nitrogens is 2. The van der Waals surface area contributed by atoms with Gasteiger partial charge in [-0.05, 0) is 25.7 Å². The average Bonchev–Trinajstić information content (AvgIpc) is 3.28. The van der Waals surface area contributed by atoms with E-state index in [0.29, 0.717) is 37.5 Å². The van der Waals surface area contributed by atoms with Crippen LogP contribution < -0.4 is 4.90 Å². The van der Waals surface area contributed by atoms with Gasteiger partial charge in [-0.1, -0.05) is 5.10 Å². The standard InChI is InChI=1S/C15H22N4O3/c1-11-16-17-14(22-11)19-6-2-5-15(10-19)9-18(7-8-21-15)13(20)12-3-4-12/h12H,2-10H2,1H3. The molecule has 3 heterocycles. The monoisotopic (exact) mass is 306 g/mol. The molecule has 2 saturated heterocycles. The third kappa shape index (κ3) is 2.58. The van der Waals surface area contributed by atoms with Gasteiger partial charge in [0.2, 0.25) is 11.8 Å². The largest absolute Gasteiger partial charge is 0.408 e. The molecule has 22 heavy (non-hydrogen) atoms. The Balaban J connectivity index is 1.48. The highest BCUT2D eigenvalue weighted by Crippen LogP contribution is 2.35. The van der Waals surface area contributed by atoms with Crippen molar-refractivity contribution >= 4 is 11.9 Å². The molecule has 3 fully saturated rings. The van der Waals surface area contributed by atoms with Crippen LogP contribution in [-0.4, -0.2) is 59.4 Å². The molecule has 1 spiro atoms. The van der Waals surface area contributed by atoms with E-state index in [1.165, 1.54) is 0 Å². The molecule has 1 unspecified atom stereocenters. The third-order valence-electron chi connectivity index (χ3n) is 4.81. The molecule has 7 nitrogen and oxygen atoms in total. The van der Waals surface area contributed by atoms with Crippen molar-refractivity contribution in [3.8, 4) is 0 Å². The number of amides is 1. The van der Waals surface area contributed by atoms with Crippen LogP contribution in [0.2, 0.25) is 0 Å². The van der Waals surface area contributed by atoms with Gasteiger partial charge < -0.3 is 19.0 Å². The van der Waals surface area contributed by atoms with Crippen molar-refractivity contribution in [1.82, 2.24) is 15.1 Å². The first kappa shape index (κ1) is 14.0. The summed E-state index contributed by atoms with van der Waals surface area (Å²) < 4.78 is 11.7. The lowest BCUT2D eigenvalue weighted by atomic mass is 9.90. The van der Waals surface area contributed by atoms with Crippen molar-refractivity contribution < 1.29 is 13.9 Å². The van der Waals surface area contributed by atoms with E-state index in [-0.39, 0.29) is 11.5 Å². The second-order valence-corrected chi connectivity index (χ2v) is 6.69. The zero-order chi connectivity index (χ0) is 15.2. The lowest BCUT2D eigenvalue weighted by Crippen LogP contribution is -2.61. The molecule has 0 radical (unpaired) electrons. The summed E-state index contributed by atoms with van der Waals surface area (Å²) >= 11 is 0. The zero-order valence-electron chi connectivity index (χ0n) is 13.0. The molecular weight excluding hydrogens is 284 g/mol. The Morgan fingerprint density at radius 3 is 2.86 bits per heavy atom. The fourth-order valence-corrected chi connectivity index (χ4v) is 3.54. The summed E-state index contributed by atoms with van der Waals surface area (Å²) in [4.78, 5) is 16.5. The molecule has 1 amide bonds. The van der Waals surface area contributed by atoms with Crippen LogP contribution in [0.15, 0.2) is 4.42 Å². The van der Waals surface area contributed by atoms with Crippen LogP contribution in [0.1, 0.15) is 31.6 Å². The van der Waals surface area contributed by atoms with Gasteiger partial charge >= 0.3 is 6.01 Å². The number of hydrogen-bond acceptors (Lipinski definition) is 6. The predicted molar refractivity (Wildman–Crippen MR) is 78.5 cm³/mol. The Hall–Kier alpha value is -1.63. The minimum atomic E-state index is -0.288. The predicted octanol–water partition coefficient (Wildman–Crippen LogP) is 0.986. The molecule has 2 aliphatic heterocycles. The molecule has 1 saturated carbocycles. The van der Waals surface area contributed by atoms with Gasteiger partial charge in [0.1, 0.15) is 5.60 Å². The van der Waals surface area contributed by atoms with Crippen LogP contribution in [0.3, 0.4) is 0 Å². The maximum Gasteiger partial charge on any atom is 0.318 e. The number of ether oxygens (including phenoxy) is 1. The minimum absolute atomic E-state index is 0.272. The molecule has 4 rings (SSSR count). The first-order valence-corrected chi connectivity index (χ1v) is 8.13. The second-order valence-electron chi connectivity index (χ2n) is 6.69. The number of hydrogen-bond donors (Lipinski definition) is 0. The lowest BCUT2D eigenvalue weighted by Gasteiger charge is -2.47. The van der Waals surface area contributed by atoms with Crippen molar-refractivity contribution in [2.45, 2.75) is 38.2 Å². The summed E-state index contributed by atoms with van der Waals surface area (Å²) in [5, 5.41) is 8.02. The van der Waals surface area contributed by atoms with E-state index in [0.717, 1.165) is 38.8 Å². The van der Waals surface area contributed by atoms with Crippen molar-refractivity contribution in [3.63, 3.8) is 0 Å². The van der Waals surface area contributed by atoms with Gasteiger partial charge in [0.05, 0.1) is 19.7 Å². The molecule has 1 aromatic heterocycles.